The summed E-state index contributed by atoms with van der Waals surface area (Å²) in [5, 5.41) is 6.85. The van der Waals surface area contributed by atoms with Crippen molar-refractivity contribution in [2.45, 2.75) is 43.8 Å². The molecule has 6 heteroatoms. The average molecular weight is 415 g/mol. The molecule has 1 rings (SSSR count). The van der Waals surface area contributed by atoms with Gasteiger partial charge in [-0.25, -0.2) is 0 Å². The molecule has 1 fully saturated rings. The Kier molecular flexibility index (Phi) is 12.1. The lowest BCUT2D eigenvalue weighted by Crippen LogP contribution is -2.48. The number of ether oxygens (including phenoxy) is 1. The lowest BCUT2D eigenvalue weighted by molar-refractivity contribution is 0.0783. The fourth-order valence-corrected chi connectivity index (χ4v) is 3.04. The number of thioether (sulfide) groups is 1. The van der Waals surface area contributed by atoms with E-state index in [0.717, 1.165) is 45.1 Å². The Morgan fingerprint density at radius 2 is 1.95 bits per heavy atom. The molecule has 1 aliphatic rings. The van der Waals surface area contributed by atoms with Crippen molar-refractivity contribution >= 4 is 41.7 Å². The van der Waals surface area contributed by atoms with Crippen LogP contribution in [0.2, 0.25) is 0 Å². The van der Waals surface area contributed by atoms with E-state index in [4.69, 9.17) is 4.74 Å². The van der Waals surface area contributed by atoms with E-state index in [1.165, 1.54) is 19.3 Å². The van der Waals surface area contributed by atoms with Gasteiger partial charge in [0.2, 0.25) is 0 Å². The Balaban J connectivity index is 0.00000361. The molecule has 0 radical (unpaired) electrons. The SMILES string of the molecule is CCCCCNC(=NC)NCC1(SC)CCOCC1.I. The van der Waals surface area contributed by atoms with E-state index in [1.54, 1.807) is 0 Å². The number of halogens is 1. The fraction of sp³-hybridized carbons (Fsp3) is 0.929. The second-order valence-corrected chi connectivity index (χ2v) is 6.33. The maximum atomic E-state index is 5.46. The van der Waals surface area contributed by atoms with Gasteiger partial charge in [0.15, 0.2) is 5.96 Å². The van der Waals surface area contributed by atoms with Gasteiger partial charge < -0.3 is 15.4 Å². The van der Waals surface area contributed by atoms with Gasteiger partial charge in [-0.1, -0.05) is 19.8 Å². The monoisotopic (exact) mass is 415 g/mol. The average Bonchev–Trinajstić information content (AvgIpc) is 2.47. The van der Waals surface area contributed by atoms with Crippen molar-refractivity contribution in [2.24, 2.45) is 4.99 Å². The summed E-state index contributed by atoms with van der Waals surface area (Å²) in [4.78, 5) is 4.29. The zero-order chi connectivity index (χ0) is 14.0. The molecule has 0 spiro atoms. The van der Waals surface area contributed by atoms with Crippen LogP contribution < -0.4 is 10.6 Å². The summed E-state index contributed by atoms with van der Waals surface area (Å²) in [6.07, 6.45) is 8.17. The molecule has 0 saturated carbocycles. The van der Waals surface area contributed by atoms with Crippen molar-refractivity contribution in [1.82, 2.24) is 10.6 Å². The zero-order valence-corrected chi connectivity index (χ0v) is 16.2. The number of aliphatic imine (C=N–C) groups is 1. The van der Waals surface area contributed by atoms with Crippen LogP contribution in [0.3, 0.4) is 0 Å². The Bertz CT molecular complexity index is 271. The van der Waals surface area contributed by atoms with Crippen molar-refractivity contribution < 1.29 is 4.74 Å². The van der Waals surface area contributed by atoms with Crippen LogP contribution in [0.15, 0.2) is 4.99 Å². The third-order valence-corrected chi connectivity index (χ3v) is 5.13. The van der Waals surface area contributed by atoms with E-state index < -0.39 is 0 Å². The maximum absolute atomic E-state index is 5.46. The van der Waals surface area contributed by atoms with E-state index in [1.807, 2.05) is 18.8 Å². The van der Waals surface area contributed by atoms with E-state index >= 15 is 0 Å². The molecule has 0 aliphatic carbocycles. The Labute approximate surface area is 145 Å². The third-order valence-electron chi connectivity index (χ3n) is 3.71. The van der Waals surface area contributed by atoms with Crippen LogP contribution in [-0.2, 0) is 4.74 Å². The van der Waals surface area contributed by atoms with Crippen LogP contribution >= 0.6 is 35.7 Å². The van der Waals surface area contributed by atoms with Crippen molar-refractivity contribution in [3.8, 4) is 0 Å². The minimum atomic E-state index is 0. The van der Waals surface area contributed by atoms with Gasteiger partial charge in [-0.2, -0.15) is 11.8 Å². The minimum Gasteiger partial charge on any atom is -0.381 e. The number of guanidine groups is 1. The highest BCUT2D eigenvalue weighted by atomic mass is 127. The molecule has 120 valence electrons. The standard InChI is InChI=1S/C14H29N3OS.HI/c1-4-5-6-9-16-13(15-2)17-12-14(19-3)7-10-18-11-8-14;/h4-12H2,1-3H3,(H2,15,16,17);1H. The lowest BCUT2D eigenvalue weighted by Gasteiger charge is -2.36. The number of hydrogen-bond acceptors (Lipinski definition) is 3. The summed E-state index contributed by atoms with van der Waals surface area (Å²) in [5.74, 6) is 0.927. The third kappa shape index (κ3) is 7.36. The first-order valence-corrected chi connectivity index (χ1v) is 8.56. The van der Waals surface area contributed by atoms with Crippen molar-refractivity contribution in [3.05, 3.63) is 0 Å². The van der Waals surface area contributed by atoms with Gasteiger partial charge in [0.05, 0.1) is 0 Å². The first kappa shape index (κ1) is 20.3. The van der Waals surface area contributed by atoms with Gasteiger partial charge in [-0.15, -0.1) is 24.0 Å². The molecule has 1 saturated heterocycles. The molecule has 0 amide bonds. The van der Waals surface area contributed by atoms with Gasteiger partial charge in [0, 0.05) is 38.1 Å². The first-order chi connectivity index (χ1) is 9.26. The molecule has 20 heavy (non-hydrogen) atoms. The Hall–Kier alpha value is 0.310. The highest BCUT2D eigenvalue weighted by molar-refractivity contribution is 14.0. The zero-order valence-electron chi connectivity index (χ0n) is 13.0. The highest BCUT2D eigenvalue weighted by Crippen LogP contribution is 2.32. The predicted octanol–water partition coefficient (Wildman–Crippen LogP) is 2.87. The van der Waals surface area contributed by atoms with Crippen molar-refractivity contribution in [3.63, 3.8) is 0 Å². The minimum absolute atomic E-state index is 0. The van der Waals surface area contributed by atoms with Gasteiger partial charge in [0.1, 0.15) is 0 Å². The summed E-state index contributed by atoms with van der Waals surface area (Å²) < 4.78 is 5.77. The molecule has 1 aliphatic heterocycles. The summed E-state index contributed by atoms with van der Waals surface area (Å²) in [6.45, 7) is 5.95. The van der Waals surface area contributed by atoms with Crippen LogP contribution in [0.1, 0.15) is 39.0 Å². The van der Waals surface area contributed by atoms with Gasteiger partial charge in [-0.3, -0.25) is 4.99 Å². The highest BCUT2D eigenvalue weighted by Gasteiger charge is 2.31. The van der Waals surface area contributed by atoms with Crippen molar-refractivity contribution in [1.29, 1.82) is 0 Å². The molecule has 0 atom stereocenters. The molecular weight excluding hydrogens is 385 g/mol. The molecule has 0 bridgehead atoms. The fourth-order valence-electron chi connectivity index (χ4n) is 2.24. The summed E-state index contributed by atoms with van der Waals surface area (Å²) in [5.41, 5.74) is 0. The largest absolute Gasteiger partial charge is 0.381 e. The second-order valence-electron chi connectivity index (χ2n) is 5.06. The number of nitrogens with one attached hydrogen (secondary N) is 2. The van der Waals surface area contributed by atoms with Gasteiger partial charge in [-0.05, 0) is 25.5 Å². The lowest BCUT2D eigenvalue weighted by atomic mass is 9.99. The number of hydrogen-bond donors (Lipinski definition) is 2. The van der Waals surface area contributed by atoms with Crippen LogP contribution in [0.5, 0.6) is 0 Å². The van der Waals surface area contributed by atoms with E-state index in [-0.39, 0.29) is 24.0 Å². The van der Waals surface area contributed by atoms with Crippen LogP contribution in [0.25, 0.3) is 0 Å². The van der Waals surface area contributed by atoms with E-state index in [2.05, 4.69) is 28.8 Å². The van der Waals surface area contributed by atoms with Gasteiger partial charge in [0.25, 0.3) is 0 Å². The Morgan fingerprint density at radius 1 is 1.25 bits per heavy atom. The predicted molar refractivity (Wildman–Crippen MR) is 101 cm³/mol. The molecule has 0 aromatic rings. The van der Waals surface area contributed by atoms with Crippen molar-refractivity contribution in [2.75, 3.05) is 39.6 Å². The summed E-state index contributed by atoms with van der Waals surface area (Å²) in [6, 6.07) is 0. The van der Waals surface area contributed by atoms with Crippen LogP contribution in [0.4, 0.5) is 0 Å². The maximum Gasteiger partial charge on any atom is 0.191 e. The summed E-state index contributed by atoms with van der Waals surface area (Å²) >= 11 is 1.95. The first-order valence-electron chi connectivity index (χ1n) is 7.34. The Morgan fingerprint density at radius 3 is 2.50 bits per heavy atom. The number of rotatable bonds is 7. The number of unbranched alkanes of at least 4 members (excludes halogenated alkanes) is 2. The van der Waals surface area contributed by atoms with Crippen LogP contribution in [0, 0.1) is 0 Å². The molecular formula is C14H30IN3OS. The normalized spacial score (nSPS) is 18.2. The second kappa shape index (κ2) is 11.9. The molecule has 0 unspecified atom stereocenters. The smallest absolute Gasteiger partial charge is 0.191 e. The number of nitrogens with zero attached hydrogens (tertiary/aromatic N) is 1. The molecule has 2 N–H and O–H groups in total. The quantitative estimate of drug-likeness (QED) is 0.291. The molecule has 0 aromatic carbocycles. The van der Waals surface area contributed by atoms with Gasteiger partial charge >= 0.3 is 0 Å². The topological polar surface area (TPSA) is 45.7 Å². The molecule has 4 nitrogen and oxygen atoms in total. The van der Waals surface area contributed by atoms with E-state index in [9.17, 15) is 0 Å². The molecule has 1 heterocycles. The summed E-state index contributed by atoms with van der Waals surface area (Å²) in [7, 11) is 1.84. The van der Waals surface area contributed by atoms with Crippen LogP contribution in [-0.4, -0.2) is 50.3 Å². The van der Waals surface area contributed by atoms with E-state index in [0.29, 0.717) is 4.75 Å². The molecule has 0 aromatic heterocycles.